The van der Waals surface area contributed by atoms with Crippen LogP contribution < -0.4 is 5.32 Å². The maximum atomic E-state index is 10.6. The first-order valence-corrected chi connectivity index (χ1v) is 6.57. The number of hydrogen-bond acceptors (Lipinski definition) is 3. The molecule has 1 N–H and O–H groups in total. The molecule has 0 spiro atoms. The summed E-state index contributed by atoms with van der Waals surface area (Å²) in [6.45, 7) is 2.97. The number of nitro benzene ring substituents is 1. The van der Waals surface area contributed by atoms with Crippen molar-refractivity contribution in [3.05, 3.63) is 38.3 Å². The van der Waals surface area contributed by atoms with Crippen molar-refractivity contribution in [3.8, 4) is 0 Å². The zero-order chi connectivity index (χ0) is 12.4. The van der Waals surface area contributed by atoms with Crippen molar-refractivity contribution in [2.24, 2.45) is 5.92 Å². The van der Waals surface area contributed by atoms with E-state index in [1.54, 1.807) is 18.2 Å². The average Bonchev–Trinajstić information content (AvgIpc) is 3.06. The van der Waals surface area contributed by atoms with Crippen molar-refractivity contribution in [2.45, 2.75) is 32.4 Å². The van der Waals surface area contributed by atoms with E-state index in [9.17, 15) is 10.1 Å². The largest absolute Gasteiger partial charge is 0.310 e. The molecule has 0 amide bonds. The molecule has 1 fully saturated rings. The molecule has 2 rings (SSSR count). The van der Waals surface area contributed by atoms with Gasteiger partial charge in [0.15, 0.2) is 0 Å². The summed E-state index contributed by atoms with van der Waals surface area (Å²) < 4.78 is 0.799. The molecule has 1 aliphatic rings. The molecular weight excluding hydrogens is 284 g/mol. The number of non-ortho nitro benzene ring substituents is 1. The van der Waals surface area contributed by atoms with Crippen LogP contribution in [0.25, 0.3) is 0 Å². The standard InChI is InChI=1S/C12H15BrN2O2/c1-2-8-5-12(8)14-7-9-3-4-10(15(16)17)6-11(9)13/h3-4,6,8,12,14H,2,5,7H2,1H3. The van der Waals surface area contributed by atoms with Crippen LogP contribution >= 0.6 is 15.9 Å². The van der Waals surface area contributed by atoms with E-state index in [-0.39, 0.29) is 10.6 Å². The molecule has 0 aliphatic heterocycles. The van der Waals surface area contributed by atoms with Crippen molar-refractivity contribution in [2.75, 3.05) is 0 Å². The minimum Gasteiger partial charge on any atom is -0.310 e. The van der Waals surface area contributed by atoms with Crippen LogP contribution in [0.4, 0.5) is 5.69 Å². The maximum Gasteiger partial charge on any atom is 0.270 e. The summed E-state index contributed by atoms with van der Waals surface area (Å²) >= 11 is 3.37. The monoisotopic (exact) mass is 298 g/mol. The first kappa shape index (κ1) is 12.5. The summed E-state index contributed by atoms with van der Waals surface area (Å²) in [4.78, 5) is 10.2. The van der Waals surface area contributed by atoms with Crippen molar-refractivity contribution in [1.82, 2.24) is 5.32 Å². The first-order valence-electron chi connectivity index (χ1n) is 5.78. The predicted molar refractivity (Wildman–Crippen MR) is 69.8 cm³/mol. The molecule has 4 nitrogen and oxygen atoms in total. The molecule has 2 atom stereocenters. The molecule has 0 radical (unpaired) electrons. The van der Waals surface area contributed by atoms with Crippen molar-refractivity contribution in [3.63, 3.8) is 0 Å². The smallest absolute Gasteiger partial charge is 0.270 e. The Kier molecular flexibility index (Phi) is 3.79. The molecule has 17 heavy (non-hydrogen) atoms. The SMILES string of the molecule is CCC1CC1NCc1ccc([N+](=O)[O-])cc1Br. The van der Waals surface area contributed by atoms with Crippen LogP contribution in [0.15, 0.2) is 22.7 Å². The summed E-state index contributed by atoms with van der Waals surface area (Å²) in [6.07, 6.45) is 2.47. The van der Waals surface area contributed by atoms with Gasteiger partial charge in [0.05, 0.1) is 4.92 Å². The fourth-order valence-corrected chi connectivity index (χ4v) is 2.49. The summed E-state index contributed by atoms with van der Waals surface area (Å²) in [5, 5.41) is 14.1. The van der Waals surface area contributed by atoms with E-state index in [0.717, 1.165) is 22.5 Å². The lowest BCUT2D eigenvalue weighted by atomic mass is 10.2. The Balaban J connectivity index is 1.95. The van der Waals surface area contributed by atoms with Gasteiger partial charge < -0.3 is 5.32 Å². The minimum absolute atomic E-state index is 0.124. The number of nitrogens with zero attached hydrogens (tertiary/aromatic N) is 1. The van der Waals surface area contributed by atoms with Crippen LogP contribution in [-0.2, 0) is 6.54 Å². The number of hydrogen-bond donors (Lipinski definition) is 1. The fraction of sp³-hybridized carbons (Fsp3) is 0.500. The van der Waals surface area contributed by atoms with Gasteiger partial charge >= 0.3 is 0 Å². The van der Waals surface area contributed by atoms with Gasteiger partial charge in [0, 0.05) is 29.2 Å². The molecule has 0 bridgehead atoms. The Morgan fingerprint density at radius 1 is 1.59 bits per heavy atom. The van der Waals surface area contributed by atoms with Gasteiger partial charge in [-0.2, -0.15) is 0 Å². The highest BCUT2D eigenvalue weighted by atomic mass is 79.9. The van der Waals surface area contributed by atoms with Crippen LogP contribution in [0, 0.1) is 16.0 Å². The van der Waals surface area contributed by atoms with E-state index in [0.29, 0.717) is 6.04 Å². The molecule has 1 aromatic carbocycles. The van der Waals surface area contributed by atoms with Crippen molar-refractivity contribution in [1.29, 1.82) is 0 Å². The molecule has 1 aromatic rings. The van der Waals surface area contributed by atoms with E-state index in [1.165, 1.54) is 12.8 Å². The number of halogens is 1. The van der Waals surface area contributed by atoms with Crippen LogP contribution in [0.2, 0.25) is 0 Å². The van der Waals surface area contributed by atoms with Crippen LogP contribution in [0.3, 0.4) is 0 Å². The highest BCUT2D eigenvalue weighted by Crippen LogP contribution is 2.33. The number of rotatable bonds is 5. The van der Waals surface area contributed by atoms with E-state index < -0.39 is 0 Å². The topological polar surface area (TPSA) is 55.2 Å². The zero-order valence-corrected chi connectivity index (χ0v) is 11.2. The number of nitrogens with one attached hydrogen (secondary N) is 1. The Labute approximate surface area is 109 Å². The second-order valence-electron chi connectivity index (χ2n) is 4.42. The molecule has 0 heterocycles. The quantitative estimate of drug-likeness (QED) is 0.670. The average molecular weight is 299 g/mol. The van der Waals surface area contributed by atoms with Gasteiger partial charge in [0.1, 0.15) is 0 Å². The molecule has 1 saturated carbocycles. The Hall–Kier alpha value is -0.940. The third kappa shape index (κ3) is 3.04. The first-order chi connectivity index (χ1) is 8.11. The van der Waals surface area contributed by atoms with Gasteiger partial charge in [0.2, 0.25) is 0 Å². The lowest BCUT2D eigenvalue weighted by Crippen LogP contribution is -2.17. The summed E-state index contributed by atoms with van der Waals surface area (Å²) in [6, 6.07) is 5.54. The van der Waals surface area contributed by atoms with Crippen molar-refractivity contribution >= 4 is 21.6 Å². The van der Waals surface area contributed by atoms with Crippen LogP contribution in [-0.4, -0.2) is 11.0 Å². The molecule has 1 aliphatic carbocycles. The second kappa shape index (κ2) is 5.14. The molecule has 0 aromatic heterocycles. The lowest BCUT2D eigenvalue weighted by molar-refractivity contribution is -0.384. The zero-order valence-electron chi connectivity index (χ0n) is 9.65. The van der Waals surface area contributed by atoms with Crippen molar-refractivity contribution < 1.29 is 4.92 Å². The summed E-state index contributed by atoms with van der Waals surface area (Å²) in [7, 11) is 0. The molecule has 5 heteroatoms. The van der Waals surface area contributed by atoms with Crippen LogP contribution in [0.1, 0.15) is 25.3 Å². The van der Waals surface area contributed by atoms with Gasteiger partial charge in [0.25, 0.3) is 5.69 Å². The minimum atomic E-state index is -0.379. The third-order valence-electron chi connectivity index (χ3n) is 3.25. The van der Waals surface area contributed by atoms with E-state index in [4.69, 9.17) is 0 Å². The summed E-state index contributed by atoms with van der Waals surface area (Å²) in [5.74, 6) is 0.812. The predicted octanol–water partition coefficient (Wildman–Crippen LogP) is 3.25. The highest BCUT2D eigenvalue weighted by Gasteiger charge is 2.34. The Bertz CT molecular complexity index is 437. The van der Waals surface area contributed by atoms with Gasteiger partial charge in [-0.15, -0.1) is 0 Å². The molecule has 92 valence electrons. The van der Waals surface area contributed by atoms with E-state index >= 15 is 0 Å². The molecule has 0 saturated heterocycles. The van der Waals surface area contributed by atoms with E-state index in [1.807, 2.05) is 0 Å². The Morgan fingerprint density at radius 2 is 2.35 bits per heavy atom. The Morgan fingerprint density at radius 3 is 2.88 bits per heavy atom. The maximum absolute atomic E-state index is 10.6. The normalized spacial score (nSPS) is 22.5. The van der Waals surface area contributed by atoms with Gasteiger partial charge in [-0.3, -0.25) is 10.1 Å². The molecular formula is C12H15BrN2O2. The number of nitro groups is 1. The number of benzene rings is 1. The fourth-order valence-electron chi connectivity index (χ4n) is 1.98. The van der Waals surface area contributed by atoms with E-state index in [2.05, 4.69) is 28.2 Å². The molecule has 2 unspecified atom stereocenters. The second-order valence-corrected chi connectivity index (χ2v) is 5.28. The van der Waals surface area contributed by atoms with Gasteiger partial charge in [-0.25, -0.2) is 0 Å². The highest BCUT2D eigenvalue weighted by molar-refractivity contribution is 9.10. The third-order valence-corrected chi connectivity index (χ3v) is 3.99. The van der Waals surface area contributed by atoms with Crippen LogP contribution in [0.5, 0.6) is 0 Å². The van der Waals surface area contributed by atoms with Gasteiger partial charge in [-0.05, 0) is 24.0 Å². The summed E-state index contributed by atoms with van der Waals surface area (Å²) in [5.41, 5.74) is 1.19. The lowest BCUT2D eigenvalue weighted by Gasteiger charge is -2.06. The van der Waals surface area contributed by atoms with Gasteiger partial charge in [-0.1, -0.05) is 29.3 Å².